The van der Waals surface area contributed by atoms with E-state index in [2.05, 4.69) is 13.8 Å². The van der Waals surface area contributed by atoms with Crippen LogP contribution in [-0.2, 0) is 4.79 Å². The van der Waals surface area contributed by atoms with Gasteiger partial charge in [0, 0.05) is 12.8 Å². The number of hydrogen-bond donors (Lipinski definition) is 1. The van der Waals surface area contributed by atoms with E-state index in [4.69, 9.17) is 0 Å². The summed E-state index contributed by atoms with van der Waals surface area (Å²) in [4.78, 5) is 11.8. The van der Waals surface area contributed by atoms with E-state index in [1.165, 1.54) is 0 Å². The van der Waals surface area contributed by atoms with Gasteiger partial charge in [-0.25, -0.2) is 4.39 Å². The Morgan fingerprint density at radius 2 is 1.82 bits per heavy atom. The lowest BCUT2D eigenvalue weighted by atomic mass is 9.45. The van der Waals surface area contributed by atoms with E-state index in [9.17, 15) is 9.90 Å². The topological polar surface area (TPSA) is 37.3 Å². The normalized spacial score (nSPS) is 57.9. The molecular weight excluding hydrogens is 279 g/mol. The van der Waals surface area contributed by atoms with E-state index in [-0.39, 0.29) is 28.8 Å². The maximum atomic E-state index is 15.1. The van der Waals surface area contributed by atoms with Crippen molar-refractivity contribution in [2.75, 3.05) is 0 Å². The number of alkyl halides is 1. The number of halogens is 1. The lowest BCUT2D eigenvalue weighted by Crippen LogP contribution is -2.57. The molecule has 0 spiro atoms. The minimum Gasteiger partial charge on any atom is -0.393 e. The molecule has 1 N–H and O–H groups in total. The summed E-state index contributed by atoms with van der Waals surface area (Å²) in [6, 6.07) is 0. The molecule has 0 radical (unpaired) electrons. The molecule has 4 unspecified atom stereocenters. The molecule has 0 saturated heterocycles. The fourth-order valence-corrected chi connectivity index (χ4v) is 6.93. The van der Waals surface area contributed by atoms with Crippen LogP contribution in [0.2, 0.25) is 0 Å². The predicted octanol–water partition coefficient (Wildman–Crippen LogP) is 3.91. The SMILES string of the molecule is CC12CC[C@H]3[C@@H]([C@H](F)CC4CC(=O)CCC43C)[C@@H]1CCC2O. The zero-order valence-electron chi connectivity index (χ0n) is 13.9. The molecule has 0 aliphatic heterocycles. The fraction of sp³-hybridized carbons (Fsp3) is 0.947. The van der Waals surface area contributed by atoms with Gasteiger partial charge in [-0.3, -0.25) is 4.79 Å². The van der Waals surface area contributed by atoms with Crippen molar-refractivity contribution in [3.05, 3.63) is 0 Å². The molecule has 0 bridgehead atoms. The van der Waals surface area contributed by atoms with Crippen molar-refractivity contribution < 1.29 is 14.3 Å². The fourth-order valence-electron chi connectivity index (χ4n) is 6.93. The highest BCUT2D eigenvalue weighted by molar-refractivity contribution is 5.79. The van der Waals surface area contributed by atoms with Crippen LogP contribution in [0.25, 0.3) is 0 Å². The Kier molecular flexibility index (Phi) is 3.28. The smallest absolute Gasteiger partial charge is 0.133 e. The van der Waals surface area contributed by atoms with Crippen LogP contribution in [0.15, 0.2) is 0 Å². The molecule has 8 atom stereocenters. The Balaban J connectivity index is 1.68. The molecule has 2 nitrogen and oxygen atoms in total. The number of carbonyl (C=O) groups excluding carboxylic acids is 1. The first-order valence-electron chi connectivity index (χ1n) is 9.20. The first-order chi connectivity index (χ1) is 10.4. The summed E-state index contributed by atoms with van der Waals surface area (Å²) >= 11 is 0. The molecule has 22 heavy (non-hydrogen) atoms. The molecule has 4 fully saturated rings. The van der Waals surface area contributed by atoms with Gasteiger partial charge in [-0.05, 0) is 73.0 Å². The van der Waals surface area contributed by atoms with E-state index in [0.29, 0.717) is 36.9 Å². The van der Waals surface area contributed by atoms with Crippen molar-refractivity contribution in [1.29, 1.82) is 0 Å². The summed E-state index contributed by atoms with van der Waals surface area (Å²) in [5, 5.41) is 10.4. The Morgan fingerprint density at radius 1 is 1.09 bits per heavy atom. The quantitative estimate of drug-likeness (QED) is 0.737. The molecular formula is C19H29FO2. The third-order valence-electron chi connectivity index (χ3n) is 8.41. The zero-order chi connectivity index (χ0) is 15.7. The number of carbonyl (C=O) groups is 1. The zero-order valence-corrected chi connectivity index (χ0v) is 13.9. The van der Waals surface area contributed by atoms with Gasteiger partial charge in [0.25, 0.3) is 0 Å². The number of fused-ring (bicyclic) bond motifs is 5. The van der Waals surface area contributed by atoms with Crippen molar-refractivity contribution >= 4 is 5.78 Å². The van der Waals surface area contributed by atoms with Crippen molar-refractivity contribution in [2.45, 2.75) is 77.5 Å². The van der Waals surface area contributed by atoms with Gasteiger partial charge in [0.15, 0.2) is 0 Å². The summed E-state index contributed by atoms with van der Waals surface area (Å²) < 4.78 is 15.1. The highest BCUT2D eigenvalue weighted by Gasteiger charge is 2.62. The van der Waals surface area contributed by atoms with Gasteiger partial charge in [-0.15, -0.1) is 0 Å². The predicted molar refractivity (Wildman–Crippen MR) is 83.0 cm³/mol. The van der Waals surface area contributed by atoms with E-state index >= 15 is 4.39 Å². The van der Waals surface area contributed by atoms with Crippen LogP contribution in [0.5, 0.6) is 0 Å². The second-order valence-corrected chi connectivity index (χ2v) is 9.13. The molecule has 4 aliphatic rings. The van der Waals surface area contributed by atoms with Crippen LogP contribution in [0.3, 0.4) is 0 Å². The van der Waals surface area contributed by atoms with Crippen molar-refractivity contribution in [1.82, 2.24) is 0 Å². The molecule has 0 aromatic rings. The number of hydrogen-bond acceptors (Lipinski definition) is 2. The molecule has 0 heterocycles. The van der Waals surface area contributed by atoms with Gasteiger partial charge in [0.05, 0.1) is 6.10 Å². The van der Waals surface area contributed by atoms with Gasteiger partial charge in [-0.2, -0.15) is 0 Å². The third-order valence-corrected chi connectivity index (χ3v) is 8.41. The first-order valence-corrected chi connectivity index (χ1v) is 9.20. The Morgan fingerprint density at radius 3 is 2.59 bits per heavy atom. The molecule has 4 rings (SSSR count). The average Bonchev–Trinajstić information content (AvgIpc) is 2.77. The van der Waals surface area contributed by atoms with Crippen molar-refractivity contribution in [3.8, 4) is 0 Å². The van der Waals surface area contributed by atoms with Crippen LogP contribution >= 0.6 is 0 Å². The highest BCUT2D eigenvalue weighted by atomic mass is 19.1. The van der Waals surface area contributed by atoms with E-state index in [0.717, 1.165) is 32.1 Å². The Labute approximate surface area is 132 Å². The third kappa shape index (κ3) is 1.84. The largest absolute Gasteiger partial charge is 0.393 e. The summed E-state index contributed by atoms with van der Waals surface area (Å²) in [5.41, 5.74) is 0.0786. The molecule has 124 valence electrons. The summed E-state index contributed by atoms with van der Waals surface area (Å²) in [6.07, 6.45) is 5.70. The molecule has 4 saturated carbocycles. The highest BCUT2D eigenvalue weighted by Crippen LogP contribution is 2.66. The Hall–Kier alpha value is -0.440. The van der Waals surface area contributed by atoms with E-state index in [1.807, 2.05) is 0 Å². The average molecular weight is 308 g/mol. The number of aliphatic hydroxyl groups excluding tert-OH is 1. The number of ketones is 1. The Bertz CT molecular complexity index is 492. The van der Waals surface area contributed by atoms with Crippen LogP contribution in [0.4, 0.5) is 4.39 Å². The summed E-state index contributed by atoms with van der Waals surface area (Å²) in [7, 11) is 0. The minimum atomic E-state index is -0.774. The summed E-state index contributed by atoms with van der Waals surface area (Å²) in [6.45, 7) is 4.53. The van der Waals surface area contributed by atoms with E-state index in [1.54, 1.807) is 0 Å². The van der Waals surface area contributed by atoms with Gasteiger partial charge < -0.3 is 5.11 Å². The molecule has 4 aliphatic carbocycles. The summed E-state index contributed by atoms with van der Waals surface area (Å²) in [5.74, 6) is 1.46. The second kappa shape index (κ2) is 4.78. The molecule has 0 amide bonds. The lowest BCUT2D eigenvalue weighted by Gasteiger charge is -2.60. The van der Waals surface area contributed by atoms with Crippen LogP contribution in [-0.4, -0.2) is 23.2 Å². The number of rotatable bonds is 0. The van der Waals surface area contributed by atoms with Gasteiger partial charge in [0.2, 0.25) is 0 Å². The van der Waals surface area contributed by atoms with Crippen molar-refractivity contribution in [2.24, 2.45) is 34.5 Å². The monoisotopic (exact) mass is 308 g/mol. The van der Waals surface area contributed by atoms with Crippen LogP contribution < -0.4 is 0 Å². The second-order valence-electron chi connectivity index (χ2n) is 9.13. The van der Waals surface area contributed by atoms with Crippen LogP contribution in [0.1, 0.15) is 65.2 Å². The lowest BCUT2D eigenvalue weighted by molar-refractivity contribution is -0.157. The van der Waals surface area contributed by atoms with Gasteiger partial charge in [-0.1, -0.05) is 13.8 Å². The van der Waals surface area contributed by atoms with Crippen LogP contribution in [0, 0.1) is 34.5 Å². The van der Waals surface area contributed by atoms with Gasteiger partial charge >= 0.3 is 0 Å². The molecule has 0 aromatic carbocycles. The van der Waals surface area contributed by atoms with Crippen molar-refractivity contribution in [3.63, 3.8) is 0 Å². The van der Waals surface area contributed by atoms with E-state index < -0.39 is 6.17 Å². The maximum Gasteiger partial charge on any atom is 0.133 e. The standard InChI is InChI=1S/C19H29FO2/c1-18-7-5-12(21)9-11(18)10-15(20)17-13-3-4-16(22)19(13,2)8-6-14(17)18/h11,13-17,22H,3-10H2,1-2H3/t11?,13-,14-,15+,16?,17-,18?,19?/m0/s1. The maximum absolute atomic E-state index is 15.1. The minimum absolute atomic E-state index is 0.0702. The first kappa shape index (κ1) is 15.1. The molecule has 0 aromatic heterocycles. The van der Waals surface area contributed by atoms with Gasteiger partial charge in [0.1, 0.15) is 12.0 Å². The number of aliphatic hydroxyl groups is 1. The molecule has 3 heteroatoms. The number of Topliss-reactive ketones (excluding diaryl/α,β-unsaturated/α-hetero) is 1.